The van der Waals surface area contributed by atoms with Crippen molar-refractivity contribution in [2.24, 2.45) is 0 Å². The average molecular weight is 360 g/mol. The molecule has 0 spiro atoms. The number of carbonyl (C=O) groups excluding carboxylic acids is 1. The van der Waals surface area contributed by atoms with Gasteiger partial charge in [-0.25, -0.2) is 0 Å². The van der Waals surface area contributed by atoms with Crippen LogP contribution in [0, 0.1) is 0 Å². The number of amides is 1. The van der Waals surface area contributed by atoms with Gasteiger partial charge < -0.3 is 5.32 Å². The first kappa shape index (κ1) is 18.0. The molecule has 0 bridgehead atoms. The largest absolute Gasteiger partial charge is 0.357 e. The van der Waals surface area contributed by atoms with Crippen molar-refractivity contribution < 1.29 is 4.79 Å². The van der Waals surface area contributed by atoms with Crippen molar-refractivity contribution in [3.8, 4) is 0 Å². The predicted molar refractivity (Wildman–Crippen MR) is 102 cm³/mol. The zero-order valence-electron chi connectivity index (χ0n) is 13.2. The van der Waals surface area contributed by atoms with Gasteiger partial charge in [-0.2, -0.15) is 0 Å². The summed E-state index contributed by atoms with van der Waals surface area (Å²) in [7, 11) is 1.68. The lowest BCUT2D eigenvalue weighted by Gasteiger charge is -2.21. The number of carbonyl (C=O) groups is 1. The summed E-state index contributed by atoms with van der Waals surface area (Å²) in [6.07, 6.45) is 3.07. The Kier molecular flexibility index (Phi) is 6.78. The molecule has 24 heavy (non-hydrogen) atoms. The lowest BCUT2D eigenvalue weighted by molar-refractivity contribution is -0.119. The van der Waals surface area contributed by atoms with Crippen molar-refractivity contribution in [3.63, 3.8) is 0 Å². The van der Waals surface area contributed by atoms with Crippen LogP contribution in [0.25, 0.3) is 6.08 Å². The first-order valence-electron chi connectivity index (χ1n) is 7.35. The number of rotatable bonds is 4. The fourth-order valence-electron chi connectivity index (χ4n) is 1.92. The van der Waals surface area contributed by atoms with E-state index in [2.05, 4.69) is 10.7 Å². The number of halogens is 1. The molecule has 1 amide bonds. The highest BCUT2D eigenvalue weighted by molar-refractivity contribution is 7.80. The fourth-order valence-corrected chi connectivity index (χ4v) is 2.24. The van der Waals surface area contributed by atoms with Crippen LogP contribution >= 0.6 is 23.8 Å². The lowest BCUT2D eigenvalue weighted by atomic mass is 10.2. The molecule has 0 atom stereocenters. The number of hydrogen-bond donors (Lipinski definition) is 2. The minimum Gasteiger partial charge on any atom is -0.357 e. The second kappa shape index (κ2) is 9.05. The van der Waals surface area contributed by atoms with Crippen LogP contribution in [0.2, 0.25) is 5.02 Å². The van der Waals surface area contributed by atoms with Gasteiger partial charge in [-0.05, 0) is 35.5 Å². The van der Waals surface area contributed by atoms with E-state index in [1.807, 2.05) is 48.5 Å². The molecule has 0 saturated heterocycles. The lowest BCUT2D eigenvalue weighted by Crippen LogP contribution is -2.47. The molecule has 2 aromatic carbocycles. The van der Waals surface area contributed by atoms with Crippen molar-refractivity contribution in [1.82, 2.24) is 15.8 Å². The molecule has 0 aliphatic heterocycles. The highest BCUT2D eigenvalue weighted by Crippen LogP contribution is 2.15. The predicted octanol–water partition coefficient (Wildman–Crippen LogP) is 3.39. The minimum atomic E-state index is -0.290. The molecule has 2 aromatic rings. The second-order valence-corrected chi connectivity index (χ2v) is 5.83. The summed E-state index contributed by atoms with van der Waals surface area (Å²) in [5.74, 6) is -0.290. The molecule has 0 aliphatic rings. The fraction of sp³-hybridized carbons (Fsp3) is 0.111. The van der Waals surface area contributed by atoms with Gasteiger partial charge in [0.05, 0.1) is 0 Å². The molecule has 0 aliphatic carbocycles. The summed E-state index contributed by atoms with van der Waals surface area (Å²) in [5.41, 5.74) is 4.56. The standard InChI is InChI=1S/C18H18ClN3OS/c1-22(18(24)20-13-14-7-3-2-4-8-14)21-17(23)12-11-15-9-5-6-10-16(15)19/h2-12H,13H2,1H3,(H,20,24)(H,21,23)/b12-11+. The normalized spacial score (nSPS) is 10.4. The van der Waals surface area contributed by atoms with E-state index in [0.29, 0.717) is 16.7 Å². The van der Waals surface area contributed by atoms with Crippen LogP contribution in [0.3, 0.4) is 0 Å². The van der Waals surface area contributed by atoms with Crippen LogP contribution in [0.1, 0.15) is 11.1 Å². The van der Waals surface area contributed by atoms with Gasteiger partial charge in [0, 0.05) is 24.7 Å². The minimum absolute atomic E-state index is 0.290. The van der Waals surface area contributed by atoms with Crippen LogP contribution in [-0.4, -0.2) is 23.1 Å². The maximum atomic E-state index is 11.9. The number of benzene rings is 2. The third-order valence-electron chi connectivity index (χ3n) is 3.19. The van der Waals surface area contributed by atoms with Crippen molar-refractivity contribution in [3.05, 3.63) is 76.8 Å². The Balaban J connectivity index is 1.82. The van der Waals surface area contributed by atoms with E-state index in [9.17, 15) is 4.79 Å². The number of nitrogens with zero attached hydrogens (tertiary/aromatic N) is 1. The Morgan fingerprint density at radius 3 is 2.54 bits per heavy atom. The second-order valence-electron chi connectivity index (χ2n) is 5.03. The SMILES string of the molecule is CN(NC(=O)/C=C/c1ccccc1Cl)C(=S)NCc1ccccc1. The Morgan fingerprint density at radius 1 is 1.17 bits per heavy atom. The molecular formula is C18H18ClN3OS. The molecular weight excluding hydrogens is 342 g/mol. The van der Waals surface area contributed by atoms with Gasteiger partial charge in [0.15, 0.2) is 5.11 Å². The molecule has 0 heterocycles. The maximum Gasteiger partial charge on any atom is 0.262 e. The summed E-state index contributed by atoms with van der Waals surface area (Å²) in [6, 6.07) is 17.2. The smallest absolute Gasteiger partial charge is 0.262 e. The molecule has 6 heteroatoms. The first-order valence-corrected chi connectivity index (χ1v) is 8.13. The van der Waals surface area contributed by atoms with E-state index in [0.717, 1.165) is 11.1 Å². The van der Waals surface area contributed by atoms with E-state index in [1.54, 1.807) is 19.2 Å². The van der Waals surface area contributed by atoms with E-state index in [4.69, 9.17) is 23.8 Å². The van der Waals surface area contributed by atoms with E-state index >= 15 is 0 Å². The first-order chi connectivity index (χ1) is 11.6. The number of thiocarbonyl (C=S) groups is 1. The molecule has 0 unspecified atom stereocenters. The van der Waals surface area contributed by atoms with Crippen LogP contribution in [0.5, 0.6) is 0 Å². The van der Waals surface area contributed by atoms with E-state index in [-0.39, 0.29) is 5.91 Å². The zero-order valence-corrected chi connectivity index (χ0v) is 14.8. The van der Waals surface area contributed by atoms with Gasteiger partial charge in [-0.1, -0.05) is 60.1 Å². The monoisotopic (exact) mass is 359 g/mol. The van der Waals surface area contributed by atoms with E-state index in [1.165, 1.54) is 11.1 Å². The molecule has 2 N–H and O–H groups in total. The molecule has 4 nitrogen and oxygen atoms in total. The van der Waals surface area contributed by atoms with Crippen molar-refractivity contribution >= 4 is 40.9 Å². The van der Waals surface area contributed by atoms with Gasteiger partial charge in [0.25, 0.3) is 5.91 Å². The summed E-state index contributed by atoms with van der Waals surface area (Å²) in [6.45, 7) is 0.593. The molecule has 0 saturated carbocycles. The number of nitrogens with one attached hydrogen (secondary N) is 2. The summed E-state index contributed by atoms with van der Waals surface area (Å²) < 4.78 is 0. The molecule has 0 aromatic heterocycles. The summed E-state index contributed by atoms with van der Waals surface area (Å²) in [5, 5.41) is 5.58. The Labute approximate surface area is 152 Å². The van der Waals surface area contributed by atoms with Gasteiger partial charge in [0.2, 0.25) is 0 Å². The maximum absolute atomic E-state index is 11.9. The van der Waals surface area contributed by atoms with Crippen molar-refractivity contribution in [1.29, 1.82) is 0 Å². The van der Waals surface area contributed by atoms with E-state index < -0.39 is 0 Å². The molecule has 0 radical (unpaired) electrons. The van der Waals surface area contributed by atoms with Gasteiger partial charge >= 0.3 is 0 Å². The van der Waals surface area contributed by atoms with Crippen LogP contribution in [-0.2, 0) is 11.3 Å². The van der Waals surface area contributed by atoms with Crippen molar-refractivity contribution in [2.75, 3.05) is 7.05 Å². The Morgan fingerprint density at radius 2 is 1.83 bits per heavy atom. The third kappa shape index (κ3) is 5.68. The summed E-state index contributed by atoms with van der Waals surface area (Å²) >= 11 is 11.3. The van der Waals surface area contributed by atoms with Crippen LogP contribution in [0.4, 0.5) is 0 Å². The van der Waals surface area contributed by atoms with Crippen LogP contribution in [0.15, 0.2) is 60.7 Å². The average Bonchev–Trinajstić information content (AvgIpc) is 2.59. The highest BCUT2D eigenvalue weighted by atomic mass is 35.5. The molecule has 124 valence electrons. The van der Waals surface area contributed by atoms with Gasteiger partial charge in [-0.15, -0.1) is 0 Å². The number of hydrazine groups is 1. The Hall–Kier alpha value is -2.37. The van der Waals surface area contributed by atoms with Crippen LogP contribution < -0.4 is 10.7 Å². The van der Waals surface area contributed by atoms with Gasteiger partial charge in [0.1, 0.15) is 0 Å². The Bertz CT molecular complexity index is 734. The summed E-state index contributed by atoms with van der Waals surface area (Å²) in [4.78, 5) is 11.9. The molecule has 2 rings (SSSR count). The number of hydrogen-bond acceptors (Lipinski definition) is 2. The van der Waals surface area contributed by atoms with Gasteiger partial charge in [-0.3, -0.25) is 15.2 Å². The molecule has 0 fully saturated rings. The third-order valence-corrected chi connectivity index (χ3v) is 3.95. The quantitative estimate of drug-likeness (QED) is 0.499. The topological polar surface area (TPSA) is 44.4 Å². The highest BCUT2D eigenvalue weighted by Gasteiger charge is 2.06. The van der Waals surface area contributed by atoms with Crippen molar-refractivity contribution in [2.45, 2.75) is 6.54 Å². The zero-order chi connectivity index (χ0) is 17.4.